The van der Waals surface area contributed by atoms with Crippen molar-refractivity contribution in [1.29, 1.82) is 5.26 Å². The van der Waals surface area contributed by atoms with Crippen LogP contribution in [0, 0.1) is 11.3 Å². The topological polar surface area (TPSA) is 91.5 Å². The summed E-state index contributed by atoms with van der Waals surface area (Å²) in [6.45, 7) is 2.76. The van der Waals surface area contributed by atoms with E-state index >= 15 is 0 Å². The van der Waals surface area contributed by atoms with Crippen LogP contribution in [0.15, 0.2) is 72.8 Å². The van der Waals surface area contributed by atoms with Gasteiger partial charge in [0.05, 0.1) is 11.6 Å². The number of benzene rings is 3. The van der Waals surface area contributed by atoms with Gasteiger partial charge < -0.3 is 25.0 Å². The van der Waals surface area contributed by atoms with Crippen molar-refractivity contribution in [3.63, 3.8) is 0 Å². The number of alkyl halides is 1. The van der Waals surface area contributed by atoms with Gasteiger partial charge in [-0.05, 0) is 72.8 Å². The van der Waals surface area contributed by atoms with Crippen molar-refractivity contribution in [1.82, 2.24) is 0 Å². The molecule has 1 heterocycles. The Morgan fingerprint density at radius 1 is 0.943 bits per heavy atom. The van der Waals surface area contributed by atoms with Crippen molar-refractivity contribution in [2.75, 3.05) is 54.6 Å². The van der Waals surface area contributed by atoms with Gasteiger partial charge in [0.25, 0.3) is 5.91 Å². The van der Waals surface area contributed by atoms with Gasteiger partial charge in [0.1, 0.15) is 5.75 Å². The third-order valence-electron chi connectivity index (χ3n) is 5.89. The lowest BCUT2D eigenvalue weighted by atomic mass is 10.1. The summed E-state index contributed by atoms with van der Waals surface area (Å²) in [5.41, 5.74) is 4.08. The highest BCUT2D eigenvalue weighted by atomic mass is 19.1. The van der Waals surface area contributed by atoms with Crippen LogP contribution in [0.4, 0.5) is 21.5 Å². The Bertz CT molecular complexity index is 1150. The summed E-state index contributed by atoms with van der Waals surface area (Å²) in [4.78, 5) is 17.2. The van der Waals surface area contributed by atoms with Gasteiger partial charge in [-0.25, -0.2) is 4.39 Å². The van der Waals surface area contributed by atoms with Crippen molar-refractivity contribution in [2.24, 2.45) is 0 Å². The van der Waals surface area contributed by atoms with Crippen molar-refractivity contribution in [3.05, 3.63) is 83.9 Å². The highest BCUT2D eigenvalue weighted by molar-refractivity contribution is 6.04. The highest BCUT2D eigenvalue weighted by Crippen LogP contribution is 2.23. The van der Waals surface area contributed by atoms with Gasteiger partial charge in [-0.15, -0.1) is 0 Å². The number of nitrogens with one attached hydrogen (secondary N) is 1. The van der Waals surface area contributed by atoms with Crippen LogP contribution in [0.5, 0.6) is 5.75 Å². The molecule has 0 spiro atoms. The number of anilines is 3. The first kappa shape index (κ1) is 24.0. The number of halogens is 1. The van der Waals surface area contributed by atoms with Crippen LogP contribution < -0.4 is 19.9 Å². The zero-order valence-electron chi connectivity index (χ0n) is 19.3. The molecule has 0 radical (unpaired) electrons. The molecule has 0 saturated carbocycles. The standard InChI is InChI=1S/C27H27FN4O3/c28-17-25(33)19-35-26-11-3-21(4-12-26)27(34)30-22-5-9-24(10-6-22)32-15-13-31(14-16-32)23-7-1-20(18-29)2-8-23/h1-12,25,33H,13-17,19H2,(H,30,34)/p+1. The fourth-order valence-corrected chi connectivity index (χ4v) is 3.87. The number of nitrogens with zero attached hydrogens (tertiary/aromatic N) is 3. The van der Waals surface area contributed by atoms with Gasteiger partial charge in [-0.3, -0.25) is 4.79 Å². The number of carbonyl (C=O) groups excluding carboxylic acids is 1. The summed E-state index contributed by atoms with van der Waals surface area (Å²) in [6, 6.07) is 24.2. The smallest absolute Gasteiger partial charge is 0.255 e. The number of hydrogen-bond acceptors (Lipinski definition) is 5. The monoisotopic (exact) mass is 475 g/mol. The van der Waals surface area contributed by atoms with Crippen molar-refractivity contribution in [2.45, 2.75) is 6.10 Å². The molecule has 0 aromatic heterocycles. The fourth-order valence-electron chi connectivity index (χ4n) is 3.87. The van der Waals surface area contributed by atoms with E-state index < -0.39 is 12.8 Å². The molecule has 1 amide bonds. The Kier molecular flexibility index (Phi) is 7.81. The second-order valence-corrected chi connectivity index (χ2v) is 8.32. The summed E-state index contributed by atoms with van der Waals surface area (Å²) < 4.78 is 17.7. The summed E-state index contributed by atoms with van der Waals surface area (Å²) in [6.07, 6.45) is -0.910. The molecule has 1 saturated heterocycles. The number of hydrogen-bond donors (Lipinski definition) is 1. The molecular weight excluding hydrogens is 447 g/mol. The molecule has 3 aromatic rings. The van der Waals surface area contributed by atoms with Crippen molar-refractivity contribution >= 4 is 23.0 Å². The second kappa shape index (κ2) is 11.4. The molecule has 1 fully saturated rings. The lowest BCUT2D eigenvalue weighted by molar-refractivity contribution is 0.0841. The maximum atomic E-state index is 12.6. The lowest BCUT2D eigenvalue weighted by Gasteiger charge is -2.37. The number of amides is 1. The van der Waals surface area contributed by atoms with E-state index in [1.165, 1.54) is 0 Å². The highest BCUT2D eigenvalue weighted by Gasteiger charge is 2.18. The molecular formula is C27H28FN4O3+. The average molecular weight is 476 g/mol. The van der Waals surface area contributed by atoms with E-state index in [-0.39, 0.29) is 12.5 Å². The van der Waals surface area contributed by atoms with Crippen LogP contribution in [0.2, 0.25) is 0 Å². The van der Waals surface area contributed by atoms with E-state index in [1.807, 2.05) is 48.5 Å². The van der Waals surface area contributed by atoms with Gasteiger partial charge in [-0.1, -0.05) is 0 Å². The Balaban J connectivity index is 1.28. The molecule has 1 atom stereocenters. The maximum Gasteiger partial charge on any atom is 0.255 e. The third kappa shape index (κ3) is 6.28. The van der Waals surface area contributed by atoms with E-state index in [9.17, 15) is 9.18 Å². The Morgan fingerprint density at radius 2 is 1.49 bits per heavy atom. The van der Waals surface area contributed by atoms with Crippen LogP contribution in [-0.4, -0.2) is 56.6 Å². The predicted octanol–water partition coefficient (Wildman–Crippen LogP) is 3.58. The second-order valence-electron chi connectivity index (χ2n) is 8.32. The largest absolute Gasteiger partial charge is 0.485 e. The average Bonchev–Trinajstić information content (AvgIpc) is 2.92. The normalized spacial score (nSPS) is 14.2. The van der Waals surface area contributed by atoms with E-state index in [4.69, 9.17) is 15.1 Å². The molecule has 0 aliphatic carbocycles. The Labute approximate surface area is 204 Å². The molecule has 4 rings (SSSR count). The molecule has 0 bridgehead atoms. The van der Waals surface area contributed by atoms with E-state index in [0.29, 0.717) is 22.6 Å². The molecule has 180 valence electrons. The van der Waals surface area contributed by atoms with Crippen LogP contribution in [0.3, 0.4) is 0 Å². The Morgan fingerprint density at radius 3 is 2.00 bits per heavy atom. The minimum absolute atomic E-state index is 0.0289. The van der Waals surface area contributed by atoms with Crippen molar-refractivity contribution in [3.8, 4) is 11.8 Å². The zero-order chi connectivity index (χ0) is 24.6. The first-order chi connectivity index (χ1) is 17.1. The summed E-state index contributed by atoms with van der Waals surface area (Å²) in [5, 5.41) is 19.2. The molecule has 3 N–H and O–H groups in total. The number of carbonyl (C=O) groups is 1. The van der Waals surface area contributed by atoms with E-state index in [1.54, 1.807) is 24.3 Å². The van der Waals surface area contributed by atoms with Crippen LogP contribution in [0.25, 0.3) is 0 Å². The van der Waals surface area contributed by atoms with Crippen LogP contribution in [0.1, 0.15) is 15.9 Å². The van der Waals surface area contributed by atoms with Gasteiger partial charge in [-0.2, -0.15) is 5.26 Å². The van der Waals surface area contributed by atoms with Gasteiger partial charge >= 0.3 is 0 Å². The summed E-state index contributed by atoms with van der Waals surface area (Å²) in [5.74, 6) is 0.262. The SMILES string of the molecule is N#Cc1ccc(N2CCN(c3ccc(NC(=O)c4ccc(OCC([OH2+])CF)cc4)cc3)CC2)cc1. The zero-order valence-corrected chi connectivity index (χ0v) is 19.3. The molecule has 8 heteroatoms. The first-order valence-electron chi connectivity index (χ1n) is 11.5. The minimum atomic E-state index is -0.910. The number of ether oxygens (including phenoxy) is 1. The number of nitriles is 1. The molecule has 7 nitrogen and oxygen atoms in total. The molecule has 3 aromatic carbocycles. The minimum Gasteiger partial charge on any atom is -0.485 e. The van der Waals surface area contributed by atoms with E-state index in [0.717, 1.165) is 37.6 Å². The van der Waals surface area contributed by atoms with E-state index in [2.05, 4.69) is 21.2 Å². The molecule has 1 aliphatic rings. The van der Waals surface area contributed by atoms with Gasteiger partial charge in [0, 0.05) is 48.8 Å². The van der Waals surface area contributed by atoms with Crippen LogP contribution >= 0.6 is 0 Å². The maximum absolute atomic E-state index is 12.6. The quantitative estimate of drug-likeness (QED) is 0.503. The fraction of sp³-hybridized carbons (Fsp3) is 0.259. The Hall–Kier alpha value is -4.09. The van der Waals surface area contributed by atoms with Gasteiger partial charge in [0.2, 0.25) is 6.10 Å². The van der Waals surface area contributed by atoms with Crippen LogP contribution in [-0.2, 0) is 0 Å². The first-order valence-corrected chi connectivity index (χ1v) is 11.5. The number of piperazine rings is 1. The third-order valence-corrected chi connectivity index (χ3v) is 5.89. The lowest BCUT2D eigenvalue weighted by Crippen LogP contribution is -2.46. The van der Waals surface area contributed by atoms with Crippen molar-refractivity contribution < 1.29 is 19.0 Å². The molecule has 35 heavy (non-hydrogen) atoms. The number of rotatable bonds is 8. The summed E-state index contributed by atoms with van der Waals surface area (Å²) >= 11 is 0. The molecule has 1 aliphatic heterocycles. The summed E-state index contributed by atoms with van der Waals surface area (Å²) in [7, 11) is 0. The molecule has 1 unspecified atom stereocenters. The predicted molar refractivity (Wildman–Crippen MR) is 135 cm³/mol. The van der Waals surface area contributed by atoms with Gasteiger partial charge in [0.15, 0.2) is 13.3 Å².